The van der Waals surface area contributed by atoms with Gasteiger partial charge in [-0.3, -0.25) is 4.79 Å². The van der Waals surface area contributed by atoms with E-state index in [1.54, 1.807) is 0 Å². The van der Waals surface area contributed by atoms with Crippen molar-refractivity contribution in [2.24, 2.45) is 5.92 Å². The van der Waals surface area contributed by atoms with Crippen molar-refractivity contribution >= 4 is 23.6 Å². The summed E-state index contributed by atoms with van der Waals surface area (Å²) in [7, 11) is 0. The topological polar surface area (TPSA) is 57.6 Å². The zero-order valence-corrected chi connectivity index (χ0v) is 13.8. The summed E-state index contributed by atoms with van der Waals surface area (Å²) < 4.78 is 24.7. The number of rotatable bonds is 4. The van der Waals surface area contributed by atoms with Gasteiger partial charge in [0.1, 0.15) is 6.04 Å². The van der Waals surface area contributed by atoms with E-state index < -0.39 is 17.8 Å². The minimum absolute atomic E-state index is 0.0255. The highest BCUT2D eigenvalue weighted by Crippen LogP contribution is 2.40. The first kappa shape index (κ1) is 17.2. The number of aliphatic carboxylic acids is 1. The van der Waals surface area contributed by atoms with E-state index in [9.17, 15) is 23.5 Å². The first-order valence-electron chi connectivity index (χ1n) is 8.07. The predicted octanol–water partition coefficient (Wildman–Crippen LogP) is 3.86. The van der Waals surface area contributed by atoms with Gasteiger partial charge in [-0.2, -0.15) is 8.78 Å². The van der Waals surface area contributed by atoms with Crippen LogP contribution in [0.4, 0.5) is 8.78 Å². The number of thioether (sulfide) groups is 1. The minimum atomic E-state index is -2.51. The van der Waals surface area contributed by atoms with E-state index in [4.69, 9.17) is 0 Å². The quantitative estimate of drug-likeness (QED) is 0.834. The van der Waals surface area contributed by atoms with Gasteiger partial charge in [-0.05, 0) is 49.4 Å². The maximum absolute atomic E-state index is 12.9. The van der Waals surface area contributed by atoms with Crippen LogP contribution in [0.5, 0.6) is 0 Å². The number of fused-ring (bicyclic) bond motifs is 1. The van der Waals surface area contributed by atoms with E-state index >= 15 is 0 Å². The molecule has 0 aromatic heterocycles. The average molecular weight is 355 g/mol. The molecule has 24 heavy (non-hydrogen) atoms. The summed E-state index contributed by atoms with van der Waals surface area (Å²) in [5.41, 5.74) is 0.353. The number of carbonyl (C=O) groups is 2. The van der Waals surface area contributed by atoms with Crippen LogP contribution in [-0.4, -0.2) is 39.7 Å². The summed E-state index contributed by atoms with van der Waals surface area (Å²) in [6.07, 6.45) is 4.38. The van der Waals surface area contributed by atoms with E-state index in [0.717, 1.165) is 25.7 Å². The maximum Gasteiger partial charge on any atom is 0.326 e. The van der Waals surface area contributed by atoms with Crippen LogP contribution >= 0.6 is 11.8 Å². The molecule has 0 radical (unpaired) electrons. The number of nitrogens with zero attached hydrogens (tertiary/aromatic N) is 1. The summed E-state index contributed by atoms with van der Waals surface area (Å²) in [6.45, 7) is 0. The van der Waals surface area contributed by atoms with Crippen molar-refractivity contribution in [1.29, 1.82) is 0 Å². The molecule has 130 valence electrons. The van der Waals surface area contributed by atoms with Crippen LogP contribution in [0.2, 0.25) is 0 Å². The fraction of sp³-hybridized carbons (Fsp3) is 0.529. The highest BCUT2D eigenvalue weighted by molar-refractivity contribution is 7.99. The van der Waals surface area contributed by atoms with Crippen molar-refractivity contribution in [2.45, 2.75) is 54.8 Å². The molecule has 3 unspecified atom stereocenters. The van der Waals surface area contributed by atoms with E-state index in [1.807, 2.05) is 0 Å². The largest absolute Gasteiger partial charge is 0.480 e. The number of benzene rings is 1. The zero-order chi connectivity index (χ0) is 17.3. The van der Waals surface area contributed by atoms with E-state index in [1.165, 1.54) is 29.2 Å². The molecule has 1 amide bonds. The van der Waals surface area contributed by atoms with Crippen molar-refractivity contribution in [1.82, 2.24) is 4.90 Å². The van der Waals surface area contributed by atoms with Crippen LogP contribution in [0.3, 0.4) is 0 Å². The van der Waals surface area contributed by atoms with Crippen molar-refractivity contribution in [3.05, 3.63) is 29.8 Å². The van der Waals surface area contributed by atoms with Crippen LogP contribution in [0.15, 0.2) is 29.2 Å². The molecule has 1 saturated heterocycles. The highest BCUT2D eigenvalue weighted by atomic mass is 32.2. The Morgan fingerprint density at radius 3 is 2.46 bits per heavy atom. The monoisotopic (exact) mass is 355 g/mol. The molecule has 2 fully saturated rings. The molecular weight excluding hydrogens is 336 g/mol. The number of halogens is 2. The van der Waals surface area contributed by atoms with Crippen LogP contribution in [0, 0.1) is 5.92 Å². The Labute approximate surface area is 143 Å². The fourth-order valence-electron chi connectivity index (χ4n) is 3.90. The van der Waals surface area contributed by atoms with Gasteiger partial charge in [0.05, 0.1) is 0 Å². The molecule has 3 rings (SSSR count). The Kier molecular flexibility index (Phi) is 5.08. The Balaban J connectivity index is 1.82. The van der Waals surface area contributed by atoms with E-state index in [2.05, 4.69) is 0 Å². The molecular formula is C17H19F2NO3S. The number of carbonyl (C=O) groups excluding carboxylic acids is 1. The smallest absolute Gasteiger partial charge is 0.326 e. The van der Waals surface area contributed by atoms with Crippen LogP contribution in [0.25, 0.3) is 0 Å². The van der Waals surface area contributed by atoms with Gasteiger partial charge in [0.2, 0.25) is 0 Å². The van der Waals surface area contributed by atoms with E-state index in [0.29, 0.717) is 28.6 Å². The number of hydrogen-bond acceptors (Lipinski definition) is 3. The van der Waals surface area contributed by atoms with Gasteiger partial charge in [-0.15, -0.1) is 0 Å². The van der Waals surface area contributed by atoms with Crippen LogP contribution in [-0.2, 0) is 4.79 Å². The van der Waals surface area contributed by atoms with Crippen LogP contribution in [0.1, 0.15) is 42.5 Å². The summed E-state index contributed by atoms with van der Waals surface area (Å²) in [6, 6.07) is 5.15. The molecule has 7 heteroatoms. The summed E-state index contributed by atoms with van der Waals surface area (Å²) in [5, 5.41) is 9.49. The fourth-order valence-corrected chi connectivity index (χ4v) is 4.40. The molecule has 3 atom stereocenters. The minimum Gasteiger partial charge on any atom is -0.480 e. The Bertz CT molecular complexity index is 623. The van der Waals surface area contributed by atoms with Crippen molar-refractivity contribution in [3.63, 3.8) is 0 Å². The number of amides is 1. The van der Waals surface area contributed by atoms with Crippen molar-refractivity contribution < 1.29 is 23.5 Å². The SMILES string of the molecule is O=C(O)C1CC2CCCCC2N1C(=O)c1ccc(SC(F)F)cc1. The molecule has 2 aliphatic rings. The third-order valence-electron chi connectivity index (χ3n) is 4.93. The molecule has 0 bridgehead atoms. The normalized spacial score (nSPS) is 26.5. The third kappa shape index (κ3) is 3.41. The predicted molar refractivity (Wildman–Crippen MR) is 86.3 cm³/mol. The second kappa shape index (κ2) is 7.09. The lowest BCUT2D eigenvalue weighted by Gasteiger charge is -2.33. The lowest BCUT2D eigenvalue weighted by Crippen LogP contribution is -2.46. The molecule has 1 heterocycles. The second-order valence-electron chi connectivity index (χ2n) is 6.32. The number of carboxylic acids is 1. The van der Waals surface area contributed by atoms with Gasteiger partial charge >= 0.3 is 5.97 Å². The van der Waals surface area contributed by atoms with Crippen LogP contribution < -0.4 is 0 Å². The molecule has 4 nitrogen and oxygen atoms in total. The number of likely N-dealkylation sites (tertiary alicyclic amines) is 1. The molecule has 0 spiro atoms. The molecule has 1 aliphatic carbocycles. The second-order valence-corrected chi connectivity index (χ2v) is 7.38. The summed E-state index contributed by atoms with van der Waals surface area (Å²) in [5.74, 6) is -3.55. The highest BCUT2D eigenvalue weighted by Gasteiger charge is 2.47. The Morgan fingerprint density at radius 2 is 1.83 bits per heavy atom. The summed E-state index contributed by atoms with van der Waals surface area (Å²) >= 11 is 0.422. The summed E-state index contributed by atoms with van der Waals surface area (Å²) in [4.78, 5) is 26.3. The molecule has 1 aromatic rings. The lowest BCUT2D eigenvalue weighted by molar-refractivity contribution is -0.141. The first-order valence-corrected chi connectivity index (χ1v) is 8.95. The average Bonchev–Trinajstić information content (AvgIpc) is 2.94. The zero-order valence-electron chi connectivity index (χ0n) is 13.0. The third-order valence-corrected chi connectivity index (χ3v) is 5.66. The number of carboxylic acid groups (broad SMARTS) is 1. The molecule has 1 aliphatic heterocycles. The number of hydrogen-bond donors (Lipinski definition) is 1. The van der Waals surface area contributed by atoms with Gasteiger partial charge in [-0.1, -0.05) is 24.6 Å². The van der Waals surface area contributed by atoms with Crippen molar-refractivity contribution in [2.75, 3.05) is 0 Å². The maximum atomic E-state index is 12.9. The van der Waals surface area contributed by atoms with Gasteiger partial charge in [-0.25, -0.2) is 4.79 Å². The van der Waals surface area contributed by atoms with Gasteiger partial charge in [0.25, 0.3) is 11.7 Å². The van der Waals surface area contributed by atoms with E-state index in [-0.39, 0.29) is 17.9 Å². The Morgan fingerprint density at radius 1 is 1.17 bits per heavy atom. The van der Waals surface area contributed by atoms with Gasteiger partial charge < -0.3 is 10.0 Å². The standard InChI is InChI=1S/C17H19F2NO3S/c18-17(19)24-12-7-5-10(6-8-12)15(21)20-13-4-2-1-3-11(13)9-14(20)16(22)23/h5-8,11,13-14,17H,1-4,9H2,(H,22,23). The Hall–Kier alpha value is -1.63. The van der Waals surface area contributed by atoms with Crippen molar-refractivity contribution in [3.8, 4) is 0 Å². The molecule has 1 N–H and O–H groups in total. The van der Waals surface area contributed by atoms with Gasteiger partial charge in [0, 0.05) is 16.5 Å². The number of alkyl halides is 2. The molecule has 1 aromatic carbocycles. The van der Waals surface area contributed by atoms with Gasteiger partial charge in [0.15, 0.2) is 0 Å². The molecule has 1 saturated carbocycles. The lowest BCUT2D eigenvalue weighted by atomic mass is 9.84. The first-order chi connectivity index (χ1) is 11.5.